The second kappa shape index (κ2) is 6.07. The molecule has 22 heavy (non-hydrogen) atoms. The molecule has 3 rings (SSSR count). The average molecular weight is 314 g/mol. The van der Waals surface area contributed by atoms with Crippen LogP contribution >= 0.6 is 11.8 Å². The molecule has 0 saturated heterocycles. The van der Waals surface area contributed by atoms with Crippen LogP contribution in [0.2, 0.25) is 0 Å². The molecule has 2 heterocycles. The zero-order chi connectivity index (χ0) is 15.5. The zero-order valence-electron chi connectivity index (χ0n) is 11.9. The van der Waals surface area contributed by atoms with E-state index in [-0.39, 0.29) is 5.75 Å². The van der Waals surface area contributed by atoms with E-state index in [0.29, 0.717) is 11.0 Å². The zero-order valence-corrected chi connectivity index (χ0v) is 12.7. The second-order valence-corrected chi connectivity index (χ2v) is 5.57. The molecular formula is C15H14N4O2S. The number of carbonyl (C=O) groups excluding carboxylic acids is 1. The summed E-state index contributed by atoms with van der Waals surface area (Å²) in [7, 11) is 0. The molecule has 1 amide bonds. The Bertz CT molecular complexity index is 795. The first-order valence-electron chi connectivity index (χ1n) is 6.63. The van der Waals surface area contributed by atoms with Crippen molar-refractivity contribution in [3.05, 3.63) is 48.4 Å². The van der Waals surface area contributed by atoms with Gasteiger partial charge in [0.15, 0.2) is 11.0 Å². The van der Waals surface area contributed by atoms with Gasteiger partial charge in [-0.05, 0) is 25.1 Å². The lowest BCUT2D eigenvalue weighted by Crippen LogP contribution is -2.13. The van der Waals surface area contributed by atoms with Crippen molar-refractivity contribution in [1.82, 2.24) is 14.8 Å². The number of hydrogen-bond donors (Lipinski definition) is 1. The molecule has 0 aliphatic heterocycles. The second-order valence-electron chi connectivity index (χ2n) is 4.62. The van der Waals surface area contributed by atoms with E-state index in [9.17, 15) is 4.79 Å². The Labute approximate surface area is 131 Å². The Balaban J connectivity index is 2.11. The van der Waals surface area contributed by atoms with Crippen LogP contribution in [0, 0.1) is 6.92 Å². The number of furan rings is 1. The van der Waals surface area contributed by atoms with Gasteiger partial charge in [0.05, 0.1) is 17.6 Å². The summed E-state index contributed by atoms with van der Waals surface area (Å²) in [6, 6.07) is 11.6. The highest BCUT2D eigenvalue weighted by Crippen LogP contribution is 2.29. The van der Waals surface area contributed by atoms with E-state index in [1.54, 1.807) is 6.26 Å². The summed E-state index contributed by atoms with van der Waals surface area (Å²) in [5, 5.41) is 9.05. The standard InChI is InChI=1S/C15H14N4O2S/c1-10-12(7-8-21-10)14-17-18-15(22-9-13(16)20)19(14)11-5-3-2-4-6-11/h2-8H,9H2,1H3,(H2,16,20). The summed E-state index contributed by atoms with van der Waals surface area (Å²) in [5.41, 5.74) is 7.00. The van der Waals surface area contributed by atoms with Gasteiger partial charge in [-0.15, -0.1) is 10.2 Å². The summed E-state index contributed by atoms with van der Waals surface area (Å²) < 4.78 is 7.25. The lowest BCUT2D eigenvalue weighted by atomic mass is 10.2. The van der Waals surface area contributed by atoms with Crippen LogP contribution in [-0.2, 0) is 4.79 Å². The molecule has 0 radical (unpaired) electrons. The normalized spacial score (nSPS) is 10.8. The van der Waals surface area contributed by atoms with E-state index >= 15 is 0 Å². The number of carbonyl (C=O) groups is 1. The number of aryl methyl sites for hydroxylation is 1. The fourth-order valence-corrected chi connectivity index (χ4v) is 2.79. The van der Waals surface area contributed by atoms with Crippen LogP contribution in [0.15, 0.2) is 52.2 Å². The number of nitrogens with zero attached hydrogens (tertiary/aromatic N) is 3. The van der Waals surface area contributed by atoms with Crippen molar-refractivity contribution in [3.63, 3.8) is 0 Å². The quantitative estimate of drug-likeness (QED) is 0.731. The fraction of sp³-hybridized carbons (Fsp3) is 0.133. The minimum absolute atomic E-state index is 0.148. The molecule has 3 aromatic rings. The molecule has 2 aromatic heterocycles. The smallest absolute Gasteiger partial charge is 0.227 e. The first-order chi connectivity index (χ1) is 10.7. The summed E-state index contributed by atoms with van der Waals surface area (Å²) in [6.45, 7) is 1.87. The van der Waals surface area contributed by atoms with Gasteiger partial charge in [0.2, 0.25) is 5.91 Å². The maximum atomic E-state index is 11.0. The number of benzene rings is 1. The Morgan fingerprint density at radius 2 is 2.05 bits per heavy atom. The average Bonchev–Trinajstić information content (AvgIpc) is 3.11. The highest BCUT2D eigenvalue weighted by molar-refractivity contribution is 7.99. The van der Waals surface area contributed by atoms with Gasteiger partial charge in [0.1, 0.15) is 5.76 Å². The number of para-hydroxylation sites is 1. The molecule has 0 spiro atoms. The van der Waals surface area contributed by atoms with Crippen molar-refractivity contribution in [1.29, 1.82) is 0 Å². The van der Waals surface area contributed by atoms with E-state index in [1.165, 1.54) is 11.8 Å². The summed E-state index contributed by atoms with van der Waals surface area (Å²) in [5.74, 6) is 1.18. The number of thioether (sulfide) groups is 1. The Hall–Kier alpha value is -2.54. The molecule has 7 heteroatoms. The Morgan fingerprint density at radius 3 is 2.68 bits per heavy atom. The van der Waals surface area contributed by atoms with Crippen LogP contribution in [0.3, 0.4) is 0 Å². The van der Waals surface area contributed by atoms with Crippen molar-refractivity contribution in [2.45, 2.75) is 12.1 Å². The molecule has 0 aliphatic rings. The first-order valence-corrected chi connectivity index (χ1v) is 7.62. The number of rotatable bonds is 5. The van der Waals surface area contributed by atoms with Crippen molar-refractivity contribution in [2.24, 2.45) is 5.73 Å². The molecule has 0 saturated carbocycles. The predicted molar refractivity (Wildman–Crippen MR) is 83.7 cm³/mol. The van der Waals surface area contributed by atoms with Crippen LogP contribution in [-0.4, -0.2) is 26.4 Å². The van der Waals surface area contributed by atoms with Gasteiger partial charge < -0.3 is 10.2 Å². The van der Waals surface area contributed by atoms with Crippen molar-refractivity contribution >= 4 is 17.7 Å². The molecule has 0 aliphatic carbocycles. The fourth-order valence-electron chi connectivity index (χ4n) is 2.10. The summed E-state index contributed by atoms with van der Waals surface area (Å²) in [4.78, 5) is 11.0. The topological polar surface area (TPSA) is 86.9 Å². The Kier molecular flexibility index (Phi) is 3.97. The highest BCUT2D eigenvalue weighted by atomic mass is 32.2. The third kappa shape index (κ3) is 2.75. The van der Waals surface area contributed by atoms with Crippen molar-refractivity contribution < 1.29 is 9.21 Å². The molecule has 1 aromatic carbocycles. The van der Waals surface area contributed by atoms with Gasteiger partial charge in [0, 0.05) is 5.69 Å². The first kappa shape index (κ1) is 14.4. The summed E-state index contributed by atoms with van der Waals surface area (Å²) in [6.07, 6.45) is 1.62. The van der Waals surface area contributed by atoms with E-state index in [4.69, 9.17) is 10.2 Å². The van der Waals surface area contributed by atoms with Gasteiger partial charge >= 0.3 is 0 Å². The van der Waals surface area contributed by atoms with Crippen LogP contribution < -0.4 is 5.73 Å². The SMILES string of the molecule is Cc1occc1-c1nnc(SCC(N)=O)n1-c1ccccc1. The maximum absolute atomic E-state index is 11.0. The lowest BCUT2D eigenvalue weighted by molar-refractivity contribution is -0.115. The van der Waals surface area contributed by atoms with E-state index < -0.39 is 5.91 Å². The molecule has 0 bridgehead atoms. The van der Waals surface area contributed by atoms with Crippen LogP contribution in [0.4, 0.5) is 0 Å². The molecule has 0 unspecified atom stereocenters. The molecule has 2 N–H and O–H groups in total. The summed E-state index contributed by atoms with van der Waals surface area (Å²) >= 11 is 1.26. The van der Waals surface area contributed by atoms with Gasteiger partial charge in [-0.3, -0.25) is 9.36 Å². The Morgan fingerprint density at radius 1 is 1.27 bits per heavy atom. The predicted octanol–water partition coefficient (Wildman–Crippen LogP) is 2.41. The largest absolute Gasteiger partial charge is 0.469 e. The third-order valence-electron chi connectivity index (χ3n) is 3.09. The van der Waals surface area contributed by atoms with Gasteiger partial charge in [-0.2, -0.15) is 0 Å². The van der Waals surface area contributed by atoms with Gasteiger partial charge in [-0.25, -0.2) is 0 Å². The number of hydrogen-bond acceptors (Lipinski definition) is 5. The molecule has 0 fully saturated rings. The lowest BCUT2D eigenvalue weighted by Gasteiger charge is -2.09. The van der Waals surface area contributed by atoms with Crippen molar-refractivity contribution in [2.75, 3.05) is 5.75 Å². The van der Waals surface area contributed by atoms with E-state index in [0.717, 1.165) is 17.0 Å². The van der Waals surface area contributed by atoms with Crippen LogP contribution in [0.1, 0.15) is 5.76 Å². The van der Waals surface area contributed by atoms with E-state index in [2.05, 4.69) is 10.2 Å². The maximum Gasteiger partial charge on any atom is 0.227 e. The number of aromatic nitrogens is 3. The van der Waals surface area contributed by atoms with Gasteiger partial charge in [-0.1, -0.05) is 30.0 Å². The minimum Gasteiger partial charge on any atom is -0.469 e. The molecular weight excluding hydrogens is 300 g/mol. The monoisotopic (exact) mass is 314 g/mol. The third-order valence-corrected chi connectivity index (χ3v) is 4.04. The minimum atomic E-state index is -0.395. The van der Waals surface area contributed by atoms with E-state index in [1.807, 2.05) is 47.9 Å². The number of amides is 1. The number of nitrogens with two attached hydrogens (primary N) is 1. The molecule has 0 atom stereocenters. The van der Waals surface area contributed by atoms with Crippen LogP contribution in [0.5, 0.6) is 0 Å². The highest BCUT2D eigenvalue weighted by Gasteiger charge is 2.19. The molecule has 112 valence electrons. The van der Waals surface area contributed by atoms with Crippen molar-refractivity contribution in [3.8, 4) is 17.1 Å². The molecule has 6 nitrogen and oxygen atoms in total. The van der Waals surface area contributed by atoms with Gasteiger partial charge in [0.25, 0.3) is 0 Å². The number of primary amides is 1. The van der Waals surface area contributed by atoms with Crippen LogP contribution in [0.25, 0.3) is 17.1 Å².